The third kappa shape index (κ3) is 4.41. The highest BCUT2D eigenvalue weighted by molar-refractivity contribution is 5.74. The van der Waals surface area contributed by atoms with Gasteiger partial charge in [-0.2, -0.15) is 0 Å². The van der Waals surface area contributed by atoms with Crippen LogP contribution < -0.4 is 10.2 Å². The summed E-state index contributed by atoms with van der Waals surface area (Å²) in [5.74, 6) is 0.868. The largest absolute Gasteiger partial charge is 0.352 e. The predicted octanol–water partition coefficient (Wildman–Crippen LogP) is 1.34. The van der Waals surface area contributed by atoms with Gasteiger partial charge in [-0.05, 0) is 25.0 Å². The number of hydrogen-bond acceptors (Lipinski definition) is 5. The summed E-state index contributed by atoms with van der Waals surface area (Å²) in [6.45, 7) is 3.62. The van der Waals surface area contributed by atoms with Crippen LogP contribution in [0, 0.1) is 0 Å². The van der Waals surface area contributed by atoms with Gasteiger partial charge >= 0.3 is 6.03 Å². The van der Waals surface area contributed by atoms with Crippen molar-refractivity contribution in [2.24, 2.45) is 0 Å². The van der Waals surface area contributed by atoms with Crippen molar-refractivity contribution in [1.29, 1.82) is 0 Å². The van der Waals surface area contributed by atoms with Gasteiger partial charge in [-0.25, -0.2) is 9.78 Å². The van der Waals surface area contributed by atoms with E-state index in [0.29, 0.717) is 19.6 Å². The number of hydrogen-bond donors (Lipinski definition) is 1. The number of rotatable bonds is 5. The van der Waals surface area contributed by atoms with Gasteiger partial charge in [0.05, 0.1) is 6.20 Å². The monoisotopic (exact) mass is 326 g/mol. The van der Waals surface area contributed by atoms with Crippen LogP contribution in [0.5, 0.6) is 0 Å². The molecule has 24 heavy (non-hydrogen) atoms. The highest BCUT2D eigenvalue weighted by Gasteiger charge is 2.21. The van der Waals surface area contributed by atoms with Gasteiger partial charge in [0, 0.05) is 57.0 Å². The SMILES string of the molecule is O=C(NCCCc1ccccn1)N1CCN(c2cnccn2)CC1. The zero-order valence-electron chi connectivity index (χ0n) is 13.6. The molecule has 0 saturated carbocycles. The molecule has 3 rings (SSSR count). The summed E-state index contributed by atoms with van der Waals surface area (Å²) in [7, 11) is 0. The summed E-state index contributed by atoms with van der Waals surface area (Å²) >= 11 is 0. The minimum Gasteiger partial charge on any atom is -0.352 e. The Hall–Kier alpha value is -2.70. The molecule has 0 bridgehead atoms. The van der Waals surface area contributed by atoms with Gasteiger partial charge < -0.3 is 15.1 Å². The number of pyridine rings is 1. The van der Waals surface area contributed by atoms with E-state index in [1.54, 1.807) is 24.8 Å². The Labute approximate surface area is 141 Å². The summed E-state index contributed by atoms with van der Waals surface area (Å²) in [4.78, 5) is 28.9. The molecule has 2 aromatic rings. The third-order valence-electron chi connectivity index (χ3n) is 4.05. The van der Waals surface area contributed by atoms with Gasteiger partial charge in [0.1, 0.15) is 5.82 Å². The standard InChI is InChI=1S/C17H22N6O/c24-17(21-7-3-5-15-4-1-2-6-19-15)23-12-10-22(11-13-23)16-14-18-8-9-20-16/h1-2,4,6,8-9,14H,3,5,7,10-13H2,(H,21,24). The van der Waals surface area contributed by atoms with E-state index in [4.69, 9.17) is 0 Å². The summed E-state index contributed by atoms with van der Waals surface area (Å²) in [6.07, 6.45) is 8.68. The molecule has 7 heteroatoms. The van der Waals surface area contributed by atoms with E-state index in [-0.39, 0.29) is 6.03 Å². The smallest absolute Gasteiger partial charge is 0.317 e. The maximum atomic E-state index is 12.2. The molecular formula is C17H22N6O. The Morgan fingerprint density at radius 2 is 1.96 bits per heavy atom. The number of carbonyl (C=O) groups excluding carboxylic acids is 1. The van der Waals surface area contributed by atoms with Gasteiger partial charge in [-0.1, -0.05) is 6.07 Å². The van der Waals surface area contributed by atoms with E-state index >= 15 is 0 Å². The van der Waals surface area contributed by atoms with Crippen LogP contribution in [0.1, 0.15) is 12.1 Å². The number of piperazine rings is 1. The van der Waals surface area contributed by atoms with Crippen LogP contribution in [0.2, 0.25) is 0 Å². The van der Waals surface area contributed by atoms with Crippen LogP contribution >= 0.6 is 0 Å². The Bertz CT molecular complexity index is 628. The first-order valence-electron chi connectivity index (χ1n) is 8.26. The minimum absolute atomic E-state index is 0.00909. The quantitative estimate of drug-likeness (QED) is 0.839. The van der Waals surface area contributed by atoms with Crippen molar-refractivity contribution in [3.63, 3.8) is 0 Å². The maximum Gasteiger partial charge on any atom is 0.317 e. The first-order valence-corrected chi connectivity index (χ1v) is 8.26. The Balaban J connectivity index is 1.36. The number of anilines is 1. The molecule has 0 unspecified atom stereocenters. The molecule has 0 radical (unpaired) electrons. The van der Waals surface area contributed by atoms with Crippen molar-refractivity contribution >= 4 is 11.8 Å². The molecule has 2 amide bonds. The molecule has 0 aromatic carbocycles. The van der Waals surface area contributed by atoms with Crippen molar-refractivity contribution in [3.8, 4) is 0 Å². The number of nitrogens with one attached hydrogen (secondary N) is 1. The van der Waals surface area contributed by atoms with E-state index < -0.39 is 0 Å². The van der Waals surface area contributed by atoms with Crippen molar-refractivity contribution < 1.29 is 4.79 Å². The number of amides is 2. The lowest BCUT2D eigenvalue weighted by molar-refractivity contribution is 0.194. The van der Waals surface area contributed by atoms with E-state index in [1.165, 1.54) is 0 Å². The predicted molar refractivity (Wildman–Crippen MR) is 91.8 cm³/mol. The number of carbonyl (C=O) groups is 1. The van der Waals surface area contributed by atoms with Crippen molar-refractivity contribution in [2.45, 2.75) is 12.8 Å². The fourth-order valence-corrected chi connectivity index (χ4v) is 2.72. The summed E-state index contributed by atoms with van der Waals surface area (Å²) in [6, 6.07) is 5.91. The summed E-state index contributed by atoms with van der Waals surface area (Å²) in [5, 5.41) is 2.99. The molecule has 1 N–H and O–H groups in total. The van der Waals surface area contributed by atoms with Gasteiger partial charge in [0.15, 0.2) is 0 Å². The molecule has 1 fully saturated rings. The Morgan fingerprint density at radius 1 is 1.08 bits per heavy atom. The molecular weight excluding hydrogens is 304 g/mol. The van der Waals surface area contributed by atoms with Gasteiger partial charge in [-0.15, -0.1) is 0 Å². The number of urea groups is 1. The number of nitrogens with zero attached hydrogens (tertiary/aromatic N) is 5. The third-order valence-corrected chi connectivity index (χ3v) is 4.05. The lowest BCUT2D eigenvalue weighted by atomic mass is 10.2. The molecule has 0 atom stereocenters. The van der Waals surface area contributed by atoms with Gasteiger partial charge in [0.2, 0.25) is 0 Å². The van der Waals surface area contributed by atoms with E-state index in [1.807, 2.05) is 23.1 Å². The molecule has 3 heterocycles. The molecule has 1 aliphatic heterocycles. The second-order valence-electron chi connectivity index (χ2n) is 5.69. The van der Waals surface area contributed by atoms with Crippen LogP contribution in [0.3, 0.4) is 0 Å². The van der Waals surface area contributed by atoms with Crippen LogP contribution in [0.4, 0.5) is 10.6 Å². The first-order chi connectivity index (χ1) is 11.8. The van der Waals surface area contributed by atoms with Crippen LogP contribution in [0.25, 0.3) is 0 Å². The second kappa shape index (κ2) is 8.24. The fourth-order valence-electron chi connectivity index (χ4n) is 2.72. The van der Waals surface area contributed by atoms with Crippen molar-refractivity contribution in [2.75, 3.05) is 37.6 Å². The van der Waals surface area contributed by atoms with Crippen molar-refractivity contribution in [1.82, 2.24) is 25.2 Å². The molecule has 2 aromatic heterocycles. The molecule has 0 spiro atoms. The normalized spacial score (nSPS) is 14.5. The minimum atomic E-state index is 0.00909. The van der Waals surface area contributed by atoms with Crippen LogP contribution in [-0.2, 0) is 6.42 Å². The molecule has 1 aliphatic rings. The number of aromatic nitrogens is 3. The summed E-state index contributed by atoms with van der Waals surface area (Å²) < 4.78 is 0. The lowest BCUT2D eigenvalue weighted by Crippen LogP contribution is -2.52. The van der Waals surface area contributed by atoms with E-state index in [0.717, 1.165) is 37.4 Å². The zero-order chi connectivity index (χ0) is 16.6. The Morgan fingerprint density at radius 3 is 2.67 bits per heavy atom. The second-order valence-corrected chi connectivity index (χ2v) is 5.69. The van der Waals surface area contributed by atoms with Gasteiger partial charge in [-0.3, -0.25) is 9.97 Å². The highest BCUT2D eigenvalue weighted by atomic mass is 16.2. The molecule has 1 saturated heterocycles. The topological polar surface area (TPSA) is 74.2 Å². The van der Waals surface area contributed by atoms with E-state index in [9.17, 15) is 4.79 Å². The molecule has 7 nitrogen and oxygen atoms in total. The fraction of sp³-hybridized carbons (Fsp3) is 0.412. The molecule has 0 aliphatic carbocycles. The number of aryl methyl sites for hydroxylation is 1. The van der Waals surface area contributed by atoms with Crippen LogP contribution in [0.15, 0.2) is 43.0 Å². The van der Waals surface area contributed by atoms with E-state index in [2.05, 4.69) is 25.2 Å². The summed E-state index contributed by atoms with van der Waals surface area (Å²) in [5.41, 5.74) is 1.06. The average molecular weight is 326 g/mol. The maximum absolute atomic E-state index is 12.2. The molecule has 126 valence electrons. The van der Waals surface area contributed by atoms with Crippen molar-refractivity contribution in [3.05, 3.63) is 48.7 Å². The zero-order valence-corrected chi connectivity index (χ0v) is 13.6. The van der Waals surface area contributed by atoms with Gasteiger partial charge in [0.25, 0.3) is 0 Å². The Kier molecular flexibility index (Phi) is 5.55. The highest BCUT2D eigenvalue weighted by Crippen LogP contribution is 2.11. The lowest BCUT2D eigenvalue weighted by Gasteiger charge is -2.35. The average Bonchev–Trinajstić information content (AvgIpc) is 2.67. The first kappa shape index (κ1) is 16.2. The van der Waals surface area contributed by atoms with Crippen LogP contribution in [-0.4, -0.2) is 58.6 Å².